The number of sulfonamides is 1. The molecule has 0 radical (unpaired) electrons. The van der Waals surface area contributed by atoms with E-state index in [1.165, 1.54) is 0 Å². The van der Waals surface area contributed by atoms with Crippen molar-refractivity contribution in [3.05, 3.63) is 29.8 Å². The van der Waals surface area contributed by atoms with Gasteiger partial charge in [-0.2, -0.15) is 17.5 Å². The van der Waals surface area contributed by atoms with E-state index >= 15 is 0 Å². The fourth-order valence-electron chi connectivity index (χ4n) is 2.93. The molecule has 0 atom stereocenters. The first-order valence-corrected chi connectivity index (χ1v) is 10.9. The van der Waals surface area contributed by atoms with Crippen molar-refractivity contribution < 1.29 is 26.3 Å². The number of hydrogen-bond donors (Lipinski definition) is 2. The van der Waals surface area contributed by atoms with E-state index in [0.29, 0.717) is 30.0 Å². The molecule has 0 unspecified atom stereocenters. The third-order valence-electron chi connectivity index (χ3n) is 4.39. The van der Waals surface area contributed by atoms with Crippen LogP contribution in [0.1, 0.15) is 25.3 Å². The fraction of sp³-hybridized carbons (Fsp3) is 0.611. The van der Waals surface area contributed by atoms with E-state index in [9.17, 15) is 21.6 Å². The van der Waals surface area contributed by atoms with E-state index in [-0.39, 0.29) is 55.9 Å². The first kappa shape index (κ1) is 26.8. The lowest BCUT2D eigenvalue weighted by Gasteiger charge is -2.32. The molecule has 2 N–H and O–H groups in total. The highest BCUT2D eigenvalue weighted by Gasteiger charge is 2.50. The van der Waals surface area contributed by atoms with Gasteiger partial charge in [0, 0.05) is 25.7 Å². The molecule has 1 aromatic rings. The monoisotopic (exact) mass is 564 g/mol. The van der Waals surface area contributed by atoms with E-state index < -0.39 is 15.5 Å². The predicted molar refractivity (Wildman–Crippen MR) is 121 cm³/mol. The second-order valence-electron chi connectivity index (χ2n) is 6.69. The summed E-state index contributed by atoms with van der Waals surface area (Å²) in [7, 11) is -5.27. The first-order chi connectivity index (χ1) is 13.6. The molecule has 1 aliphatic heterocycles. The van der Waals surface area contributed by atoms with Gasteiger partial charge in [-0.25, -0.2) is 13.4 Å². The van der Waals surface area contributed by atoms with Crippen LogP contribution in [0.25, 0.3) is 0 Å². The summed E-state index contributed by atoms with van der Waals surface area (Å²) >= 11 is 0. The maximum atomic E-state index is 12.7. The summed E-state index contributed by atoms with van der Waals surface area (Å²) in [4.78, 5) is 4.41. The van der Waals surface area contributed by atoms with Gasteiger partial charge in [-0.1, -0.05) is 12.1 Å². The molecule has 12 heteroatoms. The minimum absolute atomic E-state index is 0. The minimum atomic E-state index is -5.27. The molecule has 1 fully saturated rings. The first-order valence-electron chi connectivity index (χ1n) is 9.44. The van der Waals surface area contributed by atoms with Crippen LogP contribution in [-0.4, -0.2) is 63.0 Å². The summed E-state index contributed by atoms with van der Waals surface area (Å²) in [6, 6.07) is 7.51. The van der Waals surface area contributed by atoms with Gasteiger partial charge in [-0.15, -0.1) is 24.0 Å². The number of ether oxygens (including phenoxy) is 1. The highest BCUT2D eigenvalue weighted by molar-refractivity contribution is 14.0. The Labute approximate surface area is 192 Å². The second kappa shape index (κ2) is 11.9. The molecule has 1 saturated heterocycles. The van der Waals surface area contributed by atoms with Gasteiger partial charge in [0.1, 0.15) is 12.4 Å². The number of hydrogen-bond acceptors (Lipinski definition) is 4. The maximum Gasteiger partial charge on any atom is 0.511 e. The molecule has 1 heterocycles. The standard InChI is InChI=1S/C18H27F3N4O3S.HI/c1-3-22-17(23-9-12-28-16-6-4-5-14(2)13-16)24-15-7-10-25(11-8-15)29(26,27)18(19,20)21;/h4-6,13,15H,3,7-12H2,1-2H3,(H2,22,23,24);1H. The van der Waals surface area contributed by atoms with Crippen LogP contribution in [0.3, 0.4) is 0 Å². The number of halogens is 4. The van der Waals surface area contributed by atoms with Crippen molar-refractivity contribution >= 4 is 40.0 Å². The SMILES string of the molecule is CCNC(=NCCOc1cccc(C)c1)NC1CCN(S(=O)(=O)C(F)(F)F)CC1.I. The molecule has 0 aromatic heterocycles. The highest BCUT2D eigenvalue weighted by atomic mass is 127. The van der Waals surface area contributed by atoms with Gasteiger partial charge < -0.3 is 15.4 Å². The summed E-state index contributed by atoms with van der Waals surface area (Å²) in [6.45, 7) is 4.89. The van der Waals surface area contributed by atoms with Crippen LogP contribution in [0.15, 0.2) is 29.3 Å². The van der Waals surface area contributed by atoms with E-state index in [1.54, 1.807) is 0 Å². The normalized spacial score (nSPS) is 16.6. The third kappa shape index (κ3) is 7.76. The Morgan fingerprint density at radius 1 is 1.30 bits per heavy atom. The Morgan fingerprint density at radius 3 is 2.53 bits per heavy atom. The van der Waals surface area contributed by atoms with Crippen LogP contribution in [-0.2, 0) is 10.0 Å². The number of aliphatic imine (C=N–C) groups is 1. The number of nitrogens with one attached hydrogen (secondary N) is 2. The average molecular weight is 564 g/mol. The van der Waals surface area contributed by atoms with Gasteiger partial charge in [0.05, 0.1) is 6.54 Å². The molecule has 172 valence electrons. The van der Waals surface area contributed by atoms with Gasteiger partial charge >= 0.3 is 15.5 Å². The van der Waals surface area contributed by atoms with Crippen molar-refractivity contribution in [2.24, 2.45) is 4.99 Å². The zero-order valence-corrected chi connectivity index (χ0v) is 20.1. The molecule has 2 rings (SSSR count). The average Bonchev–Trinajstić information content (AvgIpc) is 2.65. The molecule has 0 spiro atoms. The summed E-state index contributed by atoms with van der Waals surface area (Å²) < 4.78 is 67.1. The van der Waals surface area contributed by atoms with E-state index in [1.807, 2.05) is 38.1 Å². The van der Waals surface area contributed by atoms with Crippen LogP contribution < -0.4 is 15.4 Å². The quantitative estimate of drug-likeness (QED) is 0.231. The molecular formula is C18H28F3IN4O3S. The number of guanidine groups is 1. The van der Waals surface area contributed by atoms with E-state index in [0.717, 1.165) is 11.3 Å². The Bertz CT molecular complexity index is 798. The number of aryl methyl sites for hydroxylation is 1. The number of rotatable bonds is 7. The molecule has 0 bridgehead atoms. The molecular weight excluding hydrogens is 536 g/mol. The lowest BCUT2D eigenvalue weighted by molar-refractivity contribution is -0.0494. The summed E-state index contributed by atoms with van der Waals surface area (Å²) in [5.41, 5.74) is -4.17. The lowest BCUT2D eigenvalue weighted by Crippen LogP contribution is -2.51. The van der Waals surface area contributed by atoms with Crippen molar-refractivity contribution in [1.29, 1.82) is 0 Å². The van der Waals surface area contributed by atoms with Crippen LogP contribution in [0.4, 0.5) is 13.2 Å². The Hall–Kier alpha value is -1.28. The van der Waals surface area contributed by atoms with E-state index in [2.05, 4.69) is 15.6 Å². The van der Waals surface area contributed by atoms with Crippen molar-refractivity contribution in [3.8, 4) is 5.75 Å². The molecule has 1 aromatic carbocycles. The van der Waals surface area contributed by atoms with Crippen molar-refractivity contribution in [1.82, 2.24) is 14.9 Å². The molecule has 0 aliphatic carbocycles. The predicted octanol–water partition coefficient (Wildman–Crippen LogP) is 2.86. The van der Waals surface area contributed by atoms with Gasteiger partial charge in [0.15, 0.2) is 5.96 Å². The Morgan fingerprint density at radius 2 is 1.97 bits per heavy atom. The van der Waals surface area contributed by atoms with E-state index in [4.69, 9.17) is 4.74 Å². The zero-order chi connectivity index (χ0) is 21.5. The number of piperidine rings is 1. The van der Waals surface area contributed by atoms with Crippen molar-refractivity contribution in [2.75, 3.05) is 32.8 Å². The highest BCUT2D eigenvalue weighted by Crippen LogP contribution is 2.28. The van der Waals surface area contributed by atoms with Crippen LogP contribution in [0, 0.1) is 6.92 Å². The topological polar surface area (TPSA) is 83.0 Å². The lowest BCUT2D eigenvalue weighted by atomic mass is 10.1. The molecule has 0 saturated carbocycles. The fourth-order valence-corrected chi connectivity index (χ4v) is 3.91. The largest absolute Gasteiger partial charge is 0.511 e. The third-order valence-corrected chi connectivity index (χ3v) is 6.02. The van der Waals surface area contributed by atoms with Crippen molar-refractivity contribution in [3.63, 3.8) is 0 Å². The molecule has 1 aliphatic rings. The zero-order valence-electron chi connectivity index (χ0n) is 16.9. The molecule has 0 amide bonds. The molecule has 7 nitrogen and oxygen atoms in total. The van der Waals surface area contributed by atoms with Crippen LogP contribution in [0.2, 0.25) is 0 Å². The van der Waals surface area contributed by atoms with Gasteiger partial charge in [0.2, 0.25) is 0 Å². The number of nitrogens with zero attached hydrogens (tertiary/aromatic N) is 2. The Balaban J connectivity index is 0.00000450. The van der Waals surface area contributed by atoms with Crippen molar-refractivity contribution in [2.45, 2.75) is 38.2 Å². The Kier molecular flexibility index (Phi) is 10.6. The maximum absolute atomic E-state index is 12.7. The smallest absolute Gasteiger partial charge is 0.492 e. The van der Waals surface area contributed by atoms with Crippen LogP contribution >= 0.6 is 24.0 Å². The van der Waals surface area contributed by atoms with Crippen LogP contribution in [0.5, 0.6) is 5.75 Å². The number of benzene rings is 1. The summed E-state index contributed by atoms with van der Waals surface area (Å²) in [5, 5.41) is 6.23. The van der Waals surface area contributed by atoms with Gasteiger partial charge in [-0.3, -0.25) is 0 Å². The summed E-state index contributed by atoms with van der Waals surface area (Å²) in [5.74, 6) is 1.29. The minimum Gasteiger partial charge on any atom is -0.492 e. The molecule has 30 heavy (non-hydrogen) atoms. The number of alkyl halides is 3. The second-order valence-corrected chi connectivity index (χ2v) is 8.62. The van der Waals surface area contributed by atoms with Gasteiger partial charge in [-0.05, 0) is 44.4 Å². The van der Waals surface area contributed by atoms with Gasteiger partial charge in [0.25, 0.3) is 0 Å². The summed E-state index contributed by atoms with van der Waals surface area (Å²) in [6.07, 6.45) is 0.527.